The molecule has 0 saturated heterocycles. The Morgan fingerprint density at radius 2 is 1.57 bits per heavy atom. The summed E-state index contributed by atoms with van der Waals surface area (Å²) in [5.41, 5.74) is 1.46. The second kappa shape index (κ2) is 7.77. The van der Waals surface area contributed by atoms with E-state index in [4.69, 9.17) is 13.9 Å². The van der Waals surface area contributed by atoms with Gasteiger partial charge in [0.1, 0.15) is 13.2 Å². The van der Waals surface area contributed by atoms with Crippen LogP contribution in [0.25, 0.3) is 0 Å². The van der Waals surface area contributed by atoms with Crippen LogP contribution in [0, 0.1) is 0 Å². The van der Waals surface area contributed by atoms with E-state index in [1.807, 2.05) is 0 Å². The van der Waals surface area contributed by atoms with Crippen molar-refractivity contribution in [2.75, 3.05) is 23.8 Å². The Morgan fingerprint density at radius 3 is 2.36 bits per heavy atom. The van der Waals surface area contributed by atoms with Gasteiger partial charge in [0.05, 0.1) is 0 Å². The number of carbonyl (C=O) groups is 2. The van der Waals surface area contributed by atoms with Gasteiger partial charge in [-0.25, -0.2) is 0 Å². The number of anilines is 2. The third-order valence-electron chi connectivity index (χ3n) is 3.98. The molecule has 2 amide bonds. The van der Waals surface area contributed by atoms with Crippen LogP contribution < -0.4 is 20.1 Å². The molecule has 0 unspecified atom stereocenters. The summed E-state index contributed by atoms with van der Waals surface area (Å²) in [6.45, 7) is 0.977. The van der Waals surface area contributed by atoms with Gasteiger partial charge in [0.25, 0.3) is 11.8 Å². The number of rotatable bonds is 4. The van der Waals surface area contributed by atoms with Gasteiger partial charge in [0.15, 0.2) is 21.9 Å². The first-order chi connectivity index (χ1) is 13.6. The smallest absolute Gasteiger partial charge is 0.291 e. The molecule has 142 valence electrons. The van der Waals surface area contributed by atoms with E-state index >= 15 is 0 Å². The van der Waals surface area contributed by atoms with Crippen LogP contribution in [0.15, 0.2) is 63.7 Å². The number of ether oxygens (including phenoxy) is 2. The van der Waals surface area contributed by atoms with Gasteiger partial charge in [0.2, 0.25) is 0 Å². The molecule has 4 rings (SSSR count). The second-order valence-corrected chi connectivity index (χ2v) is 6.73. The molecular weight excluding hydrogens is 428 g/mol. The first-order valence-electron chi connectivity index (χ1n) is 8.46. The average Bonchev–Trinajstić information content (AvgIpc) is 3.14. The Labute approximate surface area is 168 Å². The number of fused-ring (bicyclic) bond motifs is 1. The molecule has 1 aliphatic rings. The molecule has 8 heteroatoms. The van der Waals surface area contributed by atoms with Crippen LogP contribution >= 0.6 is 15.9 Å². The summed E-state index contributed by atoms with van der Waals surface area (Å²) in [5.74, 6) is 0.690. The van der Waals surface area contributed by atoms with Crippen LogP contribution in [0.5, 0.6) is 11.5 Å². The second-order valence-electron chi connectivity index (χ2n) is 5.95. The van der Waals surface area contributed by atoms with E-state index in [0.29, 0.717) is 46.3 Å². The quantitative estimate of drug-likeness (QED) is 0.627. The Hall–Kier alpha value is -3.26. The van der Waals surface area contributed by atoms with E-state index < -0.39 is 5.91 Å². The predicted octanol–water partition coefficient (Wildman–Crippen LogP) is 4.32. The number of carbonyl (C=O) groups excluding carboxylic acids is 2. The number of hydrogen-bond acceptors (Lipinski definition) is 5. The highest BCUT2D eigenvalue weighted by Gasteiger charge is 2.15. The minimum absolute atomic E-state index is 0.165. The summed E-state index contributed by atoms with van der Waals surface area (Å²) < 4.78 is 16.7. The third-order valence-corrected chi connectivity index (χ3v) is 4.41. The van der Waals surface area contributed by atoms with Crippen LogP contribution in [0.4, 0.5) is 11.4 Å². The van der Waals surface area contributed by atoms with Crippen LogP contribution in [-0.4, -0.2) is 25.0 Å². The molecule has 0 atom stereocenters. The summed E-state index contributed by atoms with van der Waals surface area (Å²) in [4.78, 5) is 24.8. The zero-order chi connectivity index (χ0) is 19.5. The monoisotopic (exact) mass is 442 g/mol. The lowest BCUT2D eigenvalue weighted by Gasteiger charge is -2.19. The maximum atomic E-state index is 12.6. The van der Waals surface area contributed by atoms with E-state index in [1.54, 1.807) is 54.6 Å². The van der Waals surface area contributed by atoms with Crippen molar-refractivity contribution in [3.05, 3.63) is 70.6 Å². The highest BCUT2D eigenvalue weighted by atomic mass is 79.9. The van der Waals surface area contributed by atoms with Gasteiger partial charge in [-0.05, 0) is 58.4 Å². The first-order valence-corrected chi connectivity index (χ1v) is 9.25. The van der Waals surface area contributed by atoms with Crippen LogP contribution in [-0.2, 0) is 0 Å². The number of benzene rings is 2. The average molecular weight is 443 g/mol. The van der Waals surface area contributed by atoms with Crippen LogP contribution in [0.3, 0.4) is 0 Å². The number of nitrogens with one attached hydrogen (secondary N) is 2. The fourth-order valence-electron chi connectivity index (χ4n) is 2.69. The van der Waals surface area contributed by atoms with Gasteiger partial charge in [-0.15, -0.1) is 0 Å². The van der Waals surface area contributed by atoms with Crippen molar-refractivity contribution < 1.29 is 23.5 Å². The zero-order valence-corrected chi connectivity index (χ0v) is 16.1. The minimum Gasteiger partial charge on any atom is -0.486 e. The van der Waals surface area contributed by atoms with Crippen molar-refractivity contribution in [2.45, 2.75) is 0 Å². The van der Waals surface area contributed by atoms with Crippen LogP contribution in [0.1, 0.15) is 20.9 Å². The maximum Gasteiger partial charge on any atom is 0.291 e. The summed E-state index contributed by atoms with van der Waals surface area (Å²) in [7, 11) is 0. The lowest BCUT2D eigenvalue weighted by Crippen LogP contribution is -2.16. The van der Waals surface area contributed by atoms with E-state index in [9.17, 15) is 9.59 Å². The first kappa shape index (κ1) is 18.1. The Balaban J connectivity index is 1.46. The Morgan fingerprint density at radius 1 is 0.821 bits per heavy atom. The molecule has 28 heavy (non-hydrogen) atoms. The highest BCUT2D eigenvalue weighted by molar-refractivity contribution is 9.10. The molecule has 0 fully saturated rings. The molecule has 2 N–H and O–H groups in total. The Kier molecular flexibility index (Phi) is 5.03. The van der Waals surface area contributed by atoms with Gasteiger partial charge in [-0.3, -0.25) is 9.59 Å². The molecule has 0 aliphatic carbocycles. The maximum absolute atomic E-state index is 12.6. The molecule has 1 aromatic heterocycles. The number of hydrogen-bond donors (Lipinski definition) is 2. The lowest BCUT2D eigenvalue weighted by atomic mass is 10.1. The van der Waals surface area contributed by atoms with Crippen molar-refractivity contribution in [3.63, 3.8) is 0 Å². The molecule has 2 aromatic carbocycles. The topological polar surface area (TPSA) is 89.8 Å². The zero-order valence-electron chi connectivity index (χ0n) is 14.5. The third kappa shape index (κ3) is 4.01. The van der Waals surface area contributed by atoms with Gasteiger partial charge in [-0.1, -0.05) is 6.07 Å². The lowest BCUT2D eigenvalue weighted by molar-refractivity contribution is 0.0992. The van der Waals surface area contributed by atoms with E-state index in [-0.39, 0.29) is 11.7 Å². The Bertz CT molecular complexity index is 1050. The fraction of sp³-hybridized carbons (Fsp3) is 0.100. The van der Waals surface area contributed by atoms with Crippen molar-refractivity contribution in [1.82, 2.24) is 0 Å². The summed E-state index contributed by atoms with van der Waals surface area (Å²) in [6.07, 6.45) is 0. The highest BCUT2D eigenvalue weighted by Crippen LogP contribution is 2.32. The predicted molar refractivity (Wildman–Crippen MR) is 106 cm³/mol. The largest absolute Gasteiger partial charge is 0.486 e. The van der Waals surface area contributed by atoms with Crippen molar-refractivity contribution in [3.8, 4) is 11.5 Å². The van der Waals surface area contributed by atoms with Gasteiger partial charge in [0, 0.05) is 23.0 Å². The standard InChI is InChI=1S/C20H15BrN2O5/c21-18-7-6-16(28-18)20(25)23-13-3-1-2-12(10-13)19(24)22-14-4-5-15-17(11-14)27-9-8-26-15/h1-7,10-11H,8-9H2,(H,22,24)(H,23,25). The molecule has 0 spiro atoms. The van der Waals surface area contributed by atoms with Crippen molar-refractivity contribution in [2.24, 2.45) is 0 Å². The van der Waals surface area contributed by atoms with Gasteiger partial charge in [-0.2, -0.15) is 0 Å². The van der Waals surface area contributed by atoms with E-state index in [2.05, 4.69) is 26.6 Å². The van der Waals surface area contributed by atoms with Crippen molar-refractivity contribution >= 4 is 39.1 Å². The van der Waals surface area contributed by atoms with E-state index in [1.165, 1.54) is 0 Å². The molecule has 0 bridgehead atoms. The normalized spacial score (nSPS) is 12.3. The molecular formula is C20H15BrN2O5. The number of halogens is 1. The summed E-state index contributed by atoms with van der Waals surface area (Å²) in [6, 6.07) is 15.0. The number of furan rings is 1. The van der Waals surface area contributed by atoms with Crippen LogP contribution in [0.2, 0.25) is 0 Å². The van der Waals surface area contributed by atoms with Crippen molar-refractivity contribution in [1.29, 1.82) is 0 Å². The van der Waals surface area contributed by atoms with E-state index in [0.717, 1.165) is 0 Å². The molecule has 7 nitrogen and oxygen atoms in total. The molecule has 3 aromatic rings. The molecule has 0 radical (unpaired) electrons. The molecule has 2 heterocycles. The SMILES string of the molecule is O=C(Nc1ccc2c(c1)OCCO2)c1cccc(NC(=O)c2ccc(Br)o2)c1. The minimum atomic E-state index is -0.407. The molecule has 0 saturated carbocycles. The van der Waals surface area contributed by atoms with Gasteiger partial charge >= 0.3 is 0 Å². The van der Waals surface area contributed by atoms with Gasteiger partial charge < -0.3 is 24.5 Å². The molecule has 1 aliphatic heterocycles. The fourth-order valence-corrected chi connectivity index (χ4v) is 3.00. The summed E-state index contributed by atoms with van der Waals surface area (Å²) in [5, 5.41) is 5.51. The summed E-state index contributed by atoms with van der Waals surface area (Å²) >= 11 is 3.15. The number of amides is 2.